The Morgan fingerprint density at radius 2 is 1.93 bits per heavy atom. The van der Waals surface area contributed by atoms with Crippen LogP contribution in [0.2, 0.25) is 0 Å². The van der Waals surface area contributed by atoms with Gasteiger partial charge in [-0.1, -0.05) is 5.16 Å². The van der Waals surface area contributed by atoms with Crippen LogP contribution < -0.4 is 4.73 Å². The lowest BCUT2D eigenvalue weighted by molar-refractivity contribution is -0.646. The molecule has 0 aliphatic carbocycles. The van der Waals surface area contributed by atoms with Gasteiger partial charge < -0.3 is 19.9 Å². The molecule has 0 saturated carbocycles. The summed E-state index contributed by atoms with van der Waals surface area (Å²) >= 11 is 0. The van der Waals surface area contributed by atoms with Gasteiger partial charge in [-0.05, 0) is 6.07 Å². The van der Waals surface area contributed by atoms with E-state index >= 15 is 0 Å². The molecule has 0 bridgehead atoms. The van der Waals surface area contributed by atoms with Gasteiger partial charge in [0.15, 0.2) is 11.9 Å². The highest BCUT2D eigenvalue weighted by atomic mass is 32.2. The second kappa shape index (κ2) is 6.21. The zero-order valence-corrected chi connectivity index (χ0v) is 14.2. The summed E-state index contributed by atoms with van der Waals surface area (Å²) in [7, 11) is -3.81. The van der Waals surface area contributed by atoms with Crippen molar-refractivity contribution in [1.29, 1.82) is 0 Å². The highest BCUT2D eigenvalue weighted by molar-refractivity contribution is 7.90. The van der Waals surface area contributed by atoms with Crippen molar-refractivity contribution in [3.05, 3.63) is 45.8 Å². The molecule has 2 aromatic heterocycles. The summed E-state index contributed by atoms with van der Waals surface area (Å²) in [6, 6.07) is 4.21. The van der Waals surface area contributed by atoms with Crippen LogP contribution in [0.4, 0.5) is 5.69 Å². The van der Waals surface area contributed by atoms with Crippen molar-refractivity contribution in [3.63, 3.8) is 0 Å². The quantitative estimate of drug-likeness (QED) is 0.210. The van der Waals surface area contributed by atoms with Gasteiger partial charge in [0.1, 0.15) is 0 Å². The molecule has 0 atom stereocenters. The molecule has 27 heavy (non-hydrogen) atoms. The first-order valence-electron chi connectivity index (χ1n) is 7.06. The van der Waals surface area contributed by atoms with Crippen LogP contribution in [0.5, 0.6) is 11.5 Å². The van der Waals surface area contributed by atoms with Crippen molar-refractivity contribution in [3.8, 4) is 34.3 Å². The van der Waals surface area contributed by atoms with E-state index in [1.807, 2.05) is 0 Å². The maximum atomic E-state index is 11.6. The zero-order valence-electron chi connectivity index (χ0n) is 13.4. The Balaban J connectivity index is 2.08. The van der Waals surface area contributed by atoms with Gasteiger partial charge in [0, 0.05) is 30.0 Å². The van der Waals surface area contributed by atoms with Crippen molar-refractivity contribution < 1.29 is 32.8 Å². The molecule has 3 aromatic rings. The minimum absolute atomic E-state index is 0.0473. The number of aromatic nitrogens is 3. The number of aromatic hydroxyl groups is 2. The number of hydrogen-bond acceptors (Lipinski definition) is 10. The average molecular weight is 394 g/mol. The highest BCUT2D eigenvalue weighted by Crippen LogP contribution is 2.39. The van der Waals surface area contributed by atoms with Crippen LogP contribution in [0, 0.1) is 15.3 Å². The number of sulfone groups is 1. The number of benzene rings is 1. The van der Waals surface area contributed by atoms with Crippen LogP contribution in [-0.4, -0.2) is 40.0 Å². The molecule has 0 fully saturated rings. The SMILES string of the molecule is CS(=O)(=O)c1cc(-c2noc(-c3cc(O)c(O)c([N+](=O)[O-])c3)n2)cc[n+]1[O-]. The lowest BCUT2D eigenvalue weighted by Crippen LogP contribution is -2.33. The summed E-state index contributed by atoms with van der Waals surface area (Å²) < 4.78 is 28.4. The second-order valence-corrected chi connectivity index (χ2v) is 7.36. The maximum absolute atomic E-state index is 11.6. The molecular formula is C14H10N4O8S. The van der Waals surface area contributed by atoms with Gasteiger partial charge in [0.05, 0.1) is 10.5 Å². The predicted octanol–water partition coefficient (Wildman–Crippen LogP) is 0.760. The lowest BCUT2D eigenvalue weighted by Gasteiger charge is -2.03. The third-order valence-corrected chi connectivity index (χ3v) is 4.52. The third kappa shape index (κ3) is 3.35. The number of nitrogens with zero attached hydrogens (tertiary/aromatic N) is 4. The monoisotopic (exact) mass is 394 g/mol. The van der Waals surface area contributed by atoms with E-state index in [0.29, 0.717) is 0 Å². The van der Waals surface area contributed by atoms with Crippen LogP contribution in [0.1, 0.15) is 0 Å². The largest absolute Gasteiger partial charge is 0.618 e. The average Bonchev–Trinajstić information content (AvgIpc) is 3.06. The molecule has 2 N–H and O–H groups in total. The standard InChI is InChI=1S/C14H10N4O8S/c1-27(24,25)11-6-7(2-3-17(11)21)13-15-14(26-16-13)8-4-9(18(22)23)12(20)10(19)5-8/h2-6,19-20H,1H3. The molecule has 12 nitrogen and oxygen atoms in total. The number of nitro benzene ring substituents is 1. The van der Waals surface area contributed by atoms with Gasteiger partial charge in [-0.25, -0.2) is 8.42 Å². The second-order valence-electron chi connectivity index (χ2n) is 5.39. The van der Waals surface area contributed by atoms with E-state index in [1.54, 1.807) is 0 Å². The number of hydrogen-bond donors (Lipinski definition) is 2. The first-order chi connectivity index (χ1) is 12.6. The number of pyridine rings is 1. The molecule has 0 aliphatic rings. The van der Waals surface area contributed by atoms with Gasteiger partial charge in [0.25, 0.3) is 5.89 Å². The van der Waals surface area contributed by atoms with Crippen LogP contribution in [0.15, 0.2) is 40.0 Å². The van der Waals surface area contributed by atoms with E-state index < -0.39 is 37.0 Å². The predicted molar refractivity (Wildman–Crippen MR) is 87.2 cm³/mol. The first kappa shape index (κ1) is 18.1. The van der Waals surface area contributed by atoms with E-state index in [1.165, 1.54) is 6.07 Å². The molecule has 3 rings (SSSR count). The molecule has 0 amide bonds. The van der Waals surface area contributed by atoms with Crippen molar-refractivity contribution >= 4 is 15.5 Å². The zero-order chi connectivity index (χ0) is 19.9. The van der Waals surface area contributed by atoms with E-state index in [2.05, 4.69) is 10.1 Å². The van der Waals surface area contributed by atoms with Gasteiger partial charge in [-0.3, -0.25) is 10.1 Å². The summed E-state index contributed by atoms with van der Waals surface area (Å²) in [6.07, 6.45) is 1.82. The Hall–Kier alpha value is -3.74. The van der Waals surface area contributed by atoms with E-state index in [-0.39, 0.29) is 27.6 Å². The Labute approximate surface area is 150 Å². The van der Waals surface area contributed by atoms with E-state index in [4.69, 9.17) is 4.52 Å². The van der Waals surface area contributed by atoms with Crippen molar-refractivity contribution in [2.24, 2.45) is 0 Å². The molecule has 2 heterocycles. The molecule has 0 spiro atoms. The summed E-state index contributed by atoms with van der Waals surface area (Å²) in [6.45, 7) is 0. The summed E-state index contributed by atoms with van der Waals surface area (Å²) in [5, 5.41) is 44.8. The molecule has 0 saturated heterocycles. The van der Waals surface area contributed by atoms with E-state index in [0.717, 1.165) is 30.7 Å². The fourth-order valence-electron chi connectivity index (χ4n) is 2.20. The summed E-state index contributed by atoms with van der Waals surface area (Å²) in [5.41, 5.74) is -0.667. The Morgan fingerprint density at radius 1 is 1.22 bits per heavy atom. The summed E-state index contributed by atoms with van der Waals surface area (Å²) in [4.78, 5) is 14.0. The third-order valence-electron chi connectivity index (χ3n) is 3.46. The molecule has 1 aromatic carbocycles. The summed E-state index contributed by atoms with van der Waals surface area (Å²) in [5.74, 6) is -2.00. The van der Waals surface area contributed by atoms with Gasteiger partial charge in [-0.2, -0.15) is 9.71 Å². The highest BCUT2D eigenvalue weighted by Gasteiger charge is 2.24. The minimum atomic E-state index is -3.81. The maximum Gasteiger partial charge on any atom is 0.315 e. The van der Waals surface area contributed by atoms with Gasteiger partial charge >= 0.3 is 10.7 Å². The molecule has 0 radical (unpaired) electrons. The normalized spacial score (nSPS) is 11.4. The Morgan fingerprint density at radius 3 is 2.56 bits per heavy atom. The lowest BCUT2D eigenvalue weighted by atomic mass is 10.1. The Bertz CT molecular complexity index is 1170. The molecular weight excluding hydrogens is 384 g/mol. The topological polar surface area (TPSA) is 184 Å². The minimum Gasteiger partial charge on any atom is -0.618 e. The number of rotatable bonds is 4. The van der Waals surface area contributed by atoms with Crippen molar-refractivity contribution in [2.45, 2.75) is 5.03 Å². The van der Waals surface area contributed by atoms with Crippen molar-refractivity contribution in [2.75, 3.05) is 6.26 Å². The van der Waals surface area contributed by atoms with Crippen LogP contribution in [-0.2, 0) is 9.84 Å². The fraction of sp³-hybridized carbons (Fsp3) is 0.0714. The van der Waals surface area contributed by atoms with Crippen LogP contribution >= 0.6 is 0 Å². The number of phenols is 2. The number of nitro groups is 1. The fourth-order valence-corrected chi connectivity index (χ4v) is 2.93. The first-order valence-corrected chi connectivity index (χ1v) is 8.95. The van der Waals surface area contributed by atoms with Gasteiger partial charge in [-0.15, -0.1) is 0 Å². The van der Waals surface area contributed by atoms with Crippen molar-refractivity contribution in [1.82, 2.24) is 10.1 Å². The molecule has 13 heteroatoms. The molecule has 140 valence electrons. The van der Waals surface area contributed by atoms with Crippen LogP contribution in [0.25, 0.3) is 22.8 Å². The number of phenolic OH excluding ortho intramolecular Hbond substituents is 2. The van der Waals surface area contributed by atoms with E-state index in [9.17, 15) is 34.0 Å². The molecule has 0 aliphatic heterocycles. The smallest absolute Gasteiger partial charge is 0.315 e. The molecule has 0 unspecified atom stereocenters. The van der Waals surface area contributed by atoms with Crippen LogP contribution in [0.3, 0.4) is 0 Å². The Kier molecular flexibility index (Phi) is 4.15. The van der Waals surface area contributed by atoms with Gasteiger partial charge in [0.2, 0.25) is 21.4 Å².